The zero-order valence-electron chi connectivity index (χ0n) is 8.94. The highest BCUT2D eigenvalue weighted by Crippen LogP contribution is 2.33. The van der Waals surface area contributed by atoms with Gasteiger partial charge in [-0.2, -0.15) is 11.8 Å². The van der Waals surface area contributed by atoms with Gasteiger partial charge in [-0.15, -0.1) is 0 Å². The Bertz CT molecular complexity index is 299. The predicted octanol–water partition coefficient (Wildman–Crippen LogP) is 0.962. The summed E-state index contributed by atoms with van der Waals surface area (Å²) in [5.74, 6) is 0.403. The molecule has 0 amide bonds. The Labute approximate surface area is 105 Å². The number of unbranched alkanes of at least 4 members (excludes halogenated alkanes) is 1. The van der Waals surface area contributed by atoms with E-state index in [9.17, 15) is 4.79 Å². The van der Waals surface area contributed by atoms with Gasteiger partial charge < -0.3 is 15.7 Å². The second-order valence-electron chi connectivity index (χ2n) is 4.26. The van der Waals surface area contributed by atoms with Gasteiger partial charge in [0.15, 0.2) is 5.11 Å². The number of thioether (sulfide) groups is 1. The van der Waals surface area contributed by atoms with E-state index in [0.29, 0.717) is 17.3 Å². The van der Waals surface area contributed by atoms with Gasteiger partial charge in [-0.1, -0.05) is 6.42 Å². The first-order chi connectivity index (χ1) is 7.66. The number of nitrogens with one attached hydrogen (secondary N) is 2. The number of thiocarbonyl (C=S) groups is 1. The molecule has 2 aliphatic rings. The van der Waals surface area contributed by atoms with Crippen molar-refractivity contribution in [2.45, 2.75) is 43.0 Å². The van der Waals surface area contributed by atoms with E-state index in [1.807, 2.05) is 11.8 Å². The molecule has 2 fully saturated rings. The van der Waals surface area contributed by atoms with Gasteiger partial charge in [-0.25, -0.2) is 0 Å². The molecule has 2 saturated heterocycles. The normalized spacial score (nSPS) is 32.0. The van der Waals surface area contributed by atoms with Crippen LogP contribution < -0.4 is 10.6 Å². The van der Waals surface area contributed by atoms with Gasteiger partial charge in [0.2, 0.25) is 0 Å². The van der Waals surface area contributed by atoms with Crippen molar-refractivity contribution in [1.29, 1.82) is 0 Å². The Morgan fingerprint density at radius 1 is 1.50 bits per heavy atom. The third kappa shape index (κ3) is 2.79. The van der Waals surface area contributed by atoms with E-state index in [-0.39, 0.29) is 6.42 Å². The molecule has 2 rings (SSSR count). The monoisotopic (exact) mass is 260 g/mol. The number of hydrogen-bond donors (Lipinski definition) is 3. The van der Waals surface area contributed by atoms with Crippen molar-refractivity contribution in [3.8, 4) is 0 Å². The summed E-state index contributed by atoms with van der Waals surface area (Å²) in [6.07, 6.45) is 3.13. The van der Waals surface area contributed by atoms with Crippen LogP contribution in [-0.4, -0.2) is 39.3 Å². The Hall–Kier alpha value is -0.490. The number of fused-ring (bicyclic) bond motifs is 1. The lowest BCUT2D eigenvalue weighted by atomic mass is 10.0. The van der Waals surface area contributed by atoms with Crippen molar-refractivity contribution in [3.05, 3.63) is 0 Å². The quantitative estimate of drug-likeness (QED) is 0.506. The molecule has 0 aromatic rings. The number of aliphatic carboxylic acids is 1. The first-order valence-corrected chi connectivity index (χ1v) is 7.03. The number of carbonyl (C=O) groups is 1. The van der Waals surface area contributed by atoms with Crippen LogP contribution in [0.5, 0.6) is 0 Å². The summed E-state index contributed by atoms with van der Waals surface area (Å²) >= 11 is 7.05. The van der Waals surface area contributed by atoms with Crippen LogP contribution >= 0.6 is 24.0 Å². The Morgan fingerprint density at radius 3 is 3.06 bits per heavy atom. The van der Waals surface area contributed by atoms with Gasteiger partial charge in [0.05, 0.1) is 12.1 Å². The molecule has 6 heteroatoms. The highest BCUT2D eigenvalue weighted by Gasteiger charge is 2.41. The average molecular weight is 260 g/mol. The van der Waals surface area contributed by atoms with Crippen LogP contribution in [0.3, 0.4) is 0 Å². The molecule has 0 saturated carbocycles. The van der Waals surface area contributed by atoms with Gasteiger partial charge in [0.25, 0.3) is 0 Å². The number of hydrogen-bond acceptors (Lipinski definition) is 3. The van der Waals surface area contributed by atoms with E-state index >= 15 is 0 Å². The van der Waals surface area contributed by atoms with Crippen LogP contribution in [-0.2, 0) is 4.79 Å². The third-order valence-corrected chi connectivity index (χ3v) is 4.81. The van der Waals surface area contributed by atoms with Crippen molar-refractivity contribution in [1.82, 2.24) is 10.6 Å². The Kier molecular flexibility index (Phi) is 3.91. The molecular weight excluding hydrogens is 244 g/mol. The molecule has 0 aromatic heterocycles. The van der Waals surface area contributed by atoms with Gasteiger partial charge in [0, 0.05) is 17.4 Å². The number of carboxylic acid groups (broad SMARTS) is 1. The smallest absolute Gasteiger partial charge is 0.303 e. The maximum Gasteiger partial charge on any atom is 0.303 e. The van der Waals surface area contributed by atoms with Gasteiger partial charge in [-0.05, 0) is 25.1 Å². The molecule has 3 N–H and O–H groups in total. The summed E-state index contributed by atoms with van der Waals surface area (Å²) in [4.78, 5) is 10.4. The third-order valence-electron chi connectivity index (χ3n) is 3.07. The van der Waals surface area contributed by atoms with Crippen LogP contribution in [0, 0.1) is 0 Å². The van der Waals surface area contributed by atoms with Crippen LogP contribution in [0.15, 0.2) is 0 Å². The standard InChI is InChI=1S/C10H16N2O2S2/c13-8(14)4-2-1-3-7-9-6(5-16-7)11-10(15)12-9/h6-7,9H,1-5H2,(H,13,14)(H2,11,12,15)/t6-,7?,9?/m0/s1. The average Bonchev–Trinajstić information content (AvgIpc) is 2.72. The van der Waals surface area contributed by atoms with E-state index in [2.05, 4.69) is 10.6 Å². The predicted molar refractivity (Wildman–Crippen MR) is 68.8 cm³/mol. The minimum atomic E-state index is -0.696. The molecule has 0 spiro atoms. The summed E-state index contributed by atoms with van der Waals surface area (Å²) in [6, 6.07) is 0.921. The molecule has 0 bridgehead atoms. The molecule has 16 heavy (non-hydrogen) atoms. The number of carboxylic acids is 1. The van der Waals surface area contributed by atoms with Crippen LogP contribution in [0.1, 0.15) is 25.7 Å². The molecule has 2 heterocycles. The Balaban J connectivity index is 1.70. The summed E-state index contributed by atoms with van der Waals surface area (Å²) in [7, 11) is 0. The van der Waals surface area contributed by atoms with Gasteiger partial charge in [0.1, 0.15) is 0 Å². The fraction of sp³-hybridized carbons (Fsp3) is 0.800. The van der Waals surface area contributed by atoms with E-state index < -0.39 is 5.97 Å². The largest absolute Gasteiger partial charge is 0.481 e. The lowest BCUT2D eigenvalue weighted by molar-refractivity contribution is -0.137. The van der Waals surface area contributed by atoms with Gasteiger partial charge >= 0.3 is 5.97 Å². The molecule has 2 aliphatic heterocycles. The maximum atomic E-state index is 10.4. The molecular formula is C10H16N2O2S2. The first-order valence-electron chi connectivity index (χ1n) is 5.57. The lowest BCUT2D eigenvalue weighted by Crippen LogP contribution is -2.36. The maximum absolute atomic E-state index is 10.4. The summed E-state index contributed by atoms with van der Waals surface area (Å²) in [6.45, 7) is 0. The fourth-order valence-corrected chi connectivity index (χ4v) is 4.10. The zero-order valence-corrected chi connectivity index (χ0v) is 10.6. The number of rotatable bonds is 5. The van der Waals surface area contributed by atoms with Crippen LogP contribution in [0.2, 0.25) is 0 Å². The van der Waals surface area contributed by atoms with E-state index in [4.69, 9.17) is 17.3 Å². The van der Waals surface area contributed by atoms with Crippen molar-refractivity contribution in [3.63, 3.8) is 0 Å². The van der Waals surface area contributed by atoms with Crippen LogP contribution in [0.4, 0.5) is 0 Å². The zero-order chi connectivity index (χ0) is 11.5. The second kappa shape index (κ2) is 5.23. The highest BCUT2D eigenvalue weighted by molar-refractivity contribution is 8.00. The molecule has 0 radical (unpaired) electrons. The molecule has 3 atom stereocenters. The molecule has 90 valence electrons. The summed E-state index contributed by atoms with van der Waals surface area (Å²) in [5.41, 5.74) is 0. The van der Waals surface area contributed by atoms with Crippen molar-refractivity contribution in [2.75, 3.05) is 5.75 Å². The second-order valence-corrected chi connectivity index (χ2v) is 5.94. The van der Waals surface area contributed by atoms with E-state index in [1.54, 1.807) is 0 Å². The summed E-state index contributed by atoms with van der Waals surface area (Å²) < 4.78 is 0. The topological polar surface area (TPSA) is 61.4 Å². The van der Waals surface area contributed by atoms with E-state index in [1.165, 1.54) is 0 Å². The Morgan fingerprint density at radius 2 is 2.31 bits per heavy atom. The lowest BCUT2D eigenvalue weighted by Gasteiger charge is -2.16. The molecule has 0 aliphatic carbocycles. The fourth-order valence-electron chi connectivity index (χ4n) is 2.26. The minimum absolute atomic E-state index is 0.287. The molecule has 2 unspecified atom stereocenters. The minimum Gasteiger partial charge on any atom is -0.481 e. The van der Waals surface area contributed by atoms with Crippen molar-refractivity contribution < 1.29 is 9.90 Å². The first kappa shape index (κ1) is 12.0. The van der Waals surface area contributed by atoms with E-state index in [0.717, 1.165) is 30.1 Å². The van der Waals surface area contributed by atoms with Crippen molar-refractivity contribution >= 4 is 35.1 Å². The van der Waals surface area contributed by atoms with Crippen molar-refractivity contribution in [2.24, 2.45) is 0 Å². The van der Waals surface area contributed by atoms with Gasteiger partial charge in [-0.3, -0.25) is 4.79 Å². The summed E-state index contributed by atoms with van der Waals surface area (Å²) in [5, 5.41) is 16.4. The highest BCUT2D eigenvalue weighted by atomic mass is 32.2. The molecule has 4 nitrogen and oxygen atoms in total. The van der Waals surface area contributed by atoms with Crippen LogP contribution in [0.25, 0.3) is 0 Å². The SMILES string of the molecule is O=C(O)CCCCC1SC[C@@H]2NC(=S)NC12. The molecule has 0 aromatic carbocycles.